The zero-order valence-corrected chi connectivity index (χ0v) is 19.9. The molecule has 1 atom stereocenters. The Kier molecular flexibility index (Phi) is 6.37. The average molecular weight is 490 g/mol. The number of anilines is 2. The lowest BCUT2D eigenvalue weighted by Gasteiger charge is -2.40. The van der Waals surface area contributed by atoms with Crippen LogP contribution in [-0.2, 0) is 0 Å². The third kappa shape index (κ3) is 4.51. The summed E-state index contributed by atoms with van der Waals surface area (Å²) < 4.78 is 32.4. The van der Waals surface area contributed by atoms with Crippen molar-refractivity contribution >= 4 is 28.3 Å². The summed E-state index contributed by atoms with van der Waals surface area (Å²) in [5.74, 6) is 0.0113. The van der Waals surface area contributed by atoms with E-state index in [0.29, 0.717) is 19.6 Å². The molecule has 36 heavy (non-hydrogen) atoms. The highest BCUT2D eigenvalue weighted by molar-refractivity contribution is 6.00. The zero-order chi connectivity index (χ0) is 25.2. The molecule has 0 saturated carbocycles. The number of carbonyl (C=O) groups is 1. The molecule has 3 aromatic carbocycles. The number of carbonyl (C=O) groups excluding carboxylic acids is 1. The van der Waals surface area contributed by atoms with Crippen molar-refractivity contribution in [1.82, 2.24) is 15.1 Å². The number of methoxy groups -OCH3 is 1. The number of aromatic nitrogens is 2. The molecule has 1 unspecified atom stereocenters. The standard InChI is InChI=1S/C27H25F2N5O2/c1-17-16-33(13-14-34(17)27(35)30-24-12-9-19(28)15-23(24)29)26-22-6-4-3-5-21(22)25(31-32-26)18-7-10-20(36-2)11-8-18/h3-12,15,17H,13-14,16H2,1-2H3,(H,30,35). The van der Waals surface area contributed by atoms with E-state index >= 15 is 0 Å². The third-order valence-electron chi connectivity index (χ3n) is 6.39. The highest BCUT2D eigenvalue weighted by atomic mass is 19.1. The van der Waals surface area contributed by atoms with E-state index in [-0.39, 0.29) is 11.7 Å². The monoisotopic (exact) mass is 489 g/mol. The summed E-state index contributed by atoms with van der Waals surface area (Å²) in [7, 11) is 1.63. The summed E-state index contributed by atoms with van der Waals surface area (Å²) in [6, 6.07) is 18.2. The Hall–Kier alpha value is -4.27. The molecule has 1 aliphatic rings. The van der Waals surface area contributed by atoms with Crippen LogP contribution in [0.3, 0.4) is 0 Å². The maximum Gasteiger partial charge on any atom is 0.322 e. The second-order valence-corrected chi connectivity index (χ2v) is 8.69. The fourth-order valence-electron chi connectivity index (χ4n) is 4.51. The fourth-order valence-corrected chi connectivity index (χ4v) is 4.51. The predicted molar refractivity (Wildman–Crippen MR) is 135 cm³/mol. The molecule has 2 amide bonds. The minimum Gasteiger partial charge on any atom is -0.497 e. The van der Waals surface area contributed by atoms with Gasteiger partial charge < -0.3 is 19.9 Å². The Bertz CT molecular complexity index is 1410. The van der Waals surface area contributed by atoms with Gasteiger partial charge in [0.15, 0.2) is 5.82 Å². The third-order valence-corrected chi connectivity index (χ3v) is 6.39. The number of nitrogens with zero attached hydrogens (tertiary/aromatic N) is 4. The second kappa shape index (κ2) is 9.77. The van der Waals surface area contributed by atoms with Crippen molar-refractivity contribution in [2.24, 2.45) is 0 Å². The molecule has 1 aliphatic heterocycles. The number of nitrogens with one attached hydrogen (secondary N) is 1. The molecule has 1 N–H and O–H groups in total. The number of piperazine rings is 1. The SMILES string of the molecule is COc1ccc(-c2nnc(N3CCN(C(=O)Nc4ccc(F)cc4F)C(C)C3)c3ccccc23)cc1. The van der Waals surface area contributed by atoms with Gasteiger partial charge >= 0.3 is 6.03 Å². The Morgan fingerprint density at radius 1 is 1.00 bits per heavy atom. The number of halogens is 2. The van der Waals surface area contributed by atoms with Gasteiger partial charge in [0.2, 0.25) is 0 Å². The van der Waals surface area contributed by atoms with E-state index in [1.807, 2.05) is 55.5 Å². The molecule has 4 aromatic rings. The molecular weight excluding hydrogens is 464 g/mol. The smallest absolute Gasteiger partial charge is 0.322 e. The van der Waals surface area contributed by atoms with Crippen LogP contribution >= 0.6 is 0 Å². The first kappa shape index (κ1) is 23.5. The van der Waals surface area contributed by atoms with E-state index in [1.54, 1.807) is 12.0 Å². The van der Waals surface area contributed by atoms with Gasteiger partial charge in [0.25, 0.3) is 0 Å². The van der Waals surface area contributed by atoms with E-state index in [0.717, 1.165) is 45.7 Å². The van der Waals surface area contributed by atoms with Crippen LogP contribution in [0.1, 0.15) is 6.92 Å². The van der Waals surface area contributed by atoms with E-state index in [1.165, 1.54) is 6.07 Å². The van der Waals surface area contributed by atoms with Gasteiger partial charge in [0.1, 0.15) is 23.1 Å². The Morgan fingerprint density at radius 3 is 2.44 bits per heavy atom. The lowest BCUT2D eigenvalue weighted by molar-refractivity contribution is 0.184. The number of rotatable bonds is 4. The normalized spacial score (nSPS) is 15.7. The van der Waals surface area contributed by atoms with Crippen molar-refractivity contribution in [1.29, 1.82) is 0 Å². The van der Waals surface area contributed by atoms with Crippen molar-refractivity contribution in [2.45, 2.75) is 13.0 Å². The minimum absolute atomic E-state index is 0.0537. The Morgan fingerprint density at radius 2 is 1.75 bits per heavy atom. The largest absolute Gasteiger partial charge is 0.497 e. The van der Waals surface area contributed by atoms with Gasteiger partial charge in [-0.2, -0.15) is 0 Å². The molecule has 0 aliphatic carbocycles. The molecular formula is C27H25F2N5O2. The fraction of sp³-hybridized carbons (Fsp3) is 0.222. The quantitative estimate of drug-likeness (QED) is 0.420. The van der Waals surface area contributed by atoms with Crippen molar-refractivity contribution in [3.8, 4) is 17.0 Å². The van der Waals surface area contributed by atoms with Crippen molar-refractivity contribution < 1.29 is 18.3 Å². The summed E-state index contributed by atoms with van der Waals surface area (Å²) in [6.07, 6.45) is 0. The van der Waals surface area contributed by atoms with Crippen LogP contribution in [0.15, 0.2) is 66.7 Å². The number of amides is 2. The summed E-state index contributed by atoms with van der Waals surface area (Å²) in [4.78, 5) is 16.6. The number of hydrogen-bond acceptors (Lipinski definition) is 5. The van der Waals surface area contributed by atoms with Crippen molar-refractivity contribution in [3.63, 3.8) is 0 Å². The maximum atomic E-state index is 14.0. The zero-order valence-electron chi connectivity index (χ0n) is 19.9. The highest BCUT2D eigenvalue weighted by Crippen LogP contribution is 2.33. The first-order valence-electron chi connectivity index (χ1n) is 11.6. The molecule has 184 valence electrons. The molecule has 1 saturated heterocycles. The molecule has 9 heteroatoms. The van der Waals surface area contributed by atoms with E-state index in [9.17, 15) is 13.6 Å². The minimum atomic E-state index is -0.812. The van der Waals surface area contributed by atoms with Crippen molar-refractivity contribution in [2.75, 3.05) is 37.0 Å². The van der Waals surface area contributed by atoms with Crippen molar-refractivity contribution in [3.05, 3.63) is 78.4 Å². The lowest BCUT2D eigenvalue weighted by atomic mass is 10.0. The van der Waals surface area contributed by atoms with Crippen LogP contribution in [0.4, 0.5) is 25.1 Å². The number of ether oxygens (including phenoxy) is 1. The summed E-state index contributed by atoms with van der Waals surface area (Å²) >= 11 is 0. The number of urea groups is 1. The summed E-state index contributed by atoms with van der Waals surface area (Å²) in [5.41, 5.74) is 1.67. The van der Waals surface area contributed by atoms with Crippen LogP contribution in [0.5, 0.6) is 5.75 Å². The van der Waals surface area contributed by atoms with Crippen LogP contribution < -0.4 is 15.0 Å². The van der Waals surface area contributed by atoms with Crippen LogP contribution in [0, 0.1) is 11.6 Å². The Balaban J connectivity index is 1.36. The van der Waals surface area contributed by atoms with E-state index in [2.05, 4.69) is 20.4 Å². The predicted octanol–water partition coefficient (Wildman–Crippen LogP) is 5.33. The van der Waals surface area contributed by atoms with Gasteiger partial charge in [-0.05, 0) is 43.3 Å². The van der Waals surface area contributed by atoms with Gasteiger partial charge in [-0.3, -0.25) is 0 Å². The summed E-state index contributed by atoms with van der Waals surface area (Å²) in [6.45, 7) is 3.39. The molecule has 1 aromatic heterocycles. The molecule has 0 spiro atoms. The molecule has 0 bridgehead atoms. The van der Waals surface area contributed by atoms with E-state index < -0.39 is 17.7 Å². The Labute approximate surface area is 207 Å². The number of fused-ring (bicyclic) bond motifs is 1. The average Bonchev–Trinajstić information content (AvgIpc) is 2.89. The van der Waals surface area contributed by atoms with Gasteiger partial charge in [-0.15, -0.1) is 10.2 Å². The first-order valence-corrected chi connectivity index (χ1v) is 11.6. The molecule has 2 heterocycles. The lowest BCUT2D eigenvalue weighted by Crippen LogP contribution is -2.55. The summed E-state index contributed by atoms with van der Waals surface area (Å²) in [5, 5.41) is 13.6. The maximum absolute atomic E-state index is 14.0. The topological polar surface area (TPSA) is 70.6 Å². The molecule has 5 rings (SSSR count). The van der Waals surface area contributed by atoms with Gasteiger partial charge in [-0.25, -0.2) is 13.6 Å². The van der Waals surface area contributed by atoms with E-state index in [4.69, 9.17) is 4.74 Å². The number of hydrogen-bond donors (Lipinski definition) is 1. The van der Waals surface area contributed by atoms with Crippen LogP contribution in [-0.4, -0.2) is 53.9 Å². The van der Waals surface area contributed by atoms with Gasteiger partial charge in [0.05, 0.1) is 12.8 Å². The van der Waals surface area contributed by atoms with Crippen LogP contribution in [0.2, 0.25) is 0 Å². The second-order valence-electron chi connectivity index (χ2n) is 8.69. The number of benzene rings is 3. The molecule has 1 fully saturated rings. The molecule has 0 radical (unpaired) electrons. The van der Waals surface area contributed by atoms with Gasteiger partial charge in [-0.1, -0.05) is 24.3 Å². The highest BCUT2D eigenvalue weighted by Gasteiger charge is 2.30. The van der Waals surface area contributed by atoms with Gasteiger partial charge in [0, 0.05) is 48.1 Å². The molecule has 7 nitrogen and oxygen atoms in total. The van der Waals surface area contributed by atoms with Crippen LogP contribution in [0.25, 0.3) is 22.0 Å². The first-order chi connectivity index (χ1) is 17.4.